The quantitative estimate of drug-likeness (QED) is 0.927. The molecule has 122 valence electrons. The van der Waals surface area contributed by atoms with Crippen LogP contribution in [-0.2, 0) is 11.8 Å². The lowest BCUT2D eigenvalue weighted by Crippen LogP contribution is -2.57. The minimum absolute atomic E-state index is 0.0996. The van der Waals surface area contributed by atoms with Crippen molar-refractivity contribution in [2.45, 2.75) is 56.0 Å². The molecule has 1 aromatic rings. The highest BCUT2D eigenvalue weighted by atomic mass is 16.5. The monoisotopic (exact) mass is 303 g/mol. The summed E-state index contributed by atoms with van der Waals surface area (Å²) in [6, 6.07) is 6.46. The molecule has 0 heterocycles. The van der Waals surface area contributed by atoms with Crippen LogP contribution in [0.5, 0.6) is 5.75 Å². The second kappa shape index (κ2) is 5.86. The number of nitrogens with zero attached hydrogens (tertiary/aromatic N) is 1. The lowest BCUT2D eigenvalue weighted by atomic mass is 9.53. The van der Waals surface area contributed by atoms with Crippen molar-refractivity contribution in [3.05, 3.63) is 29.3 Å². The number of rotatable bonds is 4. The molecule has 1 aromatic carbocycles. The molecule has 0 amide bonds. The van der Waals surface area contributed by atoms with Crippen molar-refractivity contribution in [2.75, 3.05) is 27.7 Å². The van der Waals surface area contributed by atoms with Gasteiger partial charge < -0.3 is 14.7 Å². The Morgan fingerprint density at radius 3 is 2.68 bits per heavy atom. The number of fused-ring (bicyclic) bond motifs is 3. The molecule has 3 heteroatoms. The Morgan fingerprint density at radius 1 is 1.18 bits per heavy atom. The Hall–Kier alpha value is -1.06. The van der Waals surface area contributed by atoms with Crippen molar-refractivity contribution >= 4 is 0 Å². The van der Waals surface area contributed by atoms with Crippen LogP contribution in [0.4, 0.5) is 0 Å². The largest absolute Gasteiger partial charge is 0.497 e. The summed E-state index contributed by atoms with van der Waals surface area (Å²) < 4.78 is 5.47. The predicted molar refractivity (Wildman–Crippen MR) is 89.6 cm³/mol. The molecular formula is C19H29NO2. The van der Waals surface area contributed by atoms with Crippen molar-refractivity contribution in [3.63, 3.8) is 0 Å². The molecule has 0 bridgehead atoms. The van der Waals surface area contributed by atoms with Gasteiger partial charge in [-0.3, -0.25) is 0 Å². The summed E-state index contributed by atoms with van der Waals surface area (Å²) in [5.41, 5.74) is 2.12. The van der Waals surface area contributed by atoms with Crippen molar-refractivity contribution in [1.82, 2.24) is 4.90 Å². The number of benzene rings is 1. The standard InChI is InChI=1S/C19H29NO2/c1-20(2)13-12-18-9-4-5-10-19(18,21)11-8-15-6-7-16(22-3)14-17(15)18/h6-7,14,21H,4-5,8-13H2,1-3H3/t18-,19+/m0/s1. The highest BCUT2D eigenvalue weighted by Crippen LogP contribution is 2.55. The summed E-state index contributed by atoms with van der Waals surface area (Å²) in [6.45, 7) is 1.01. The molecule has 0 aliphatic heterocycles. The van der Waals surface area contributed by atoms with Crippen LogP contribution in [0.15, 0.2) is 18.2 Å². The van der Waals surface area contributed by atoms with Crippen LogP contribution < -0.4 is 4.74 Å². The average Bonchev–Trinajstić information content (AvgIpc) is 2.52. The Kier molecular flexibility index (Phi) is 4.21. The van der Waals surface area contributed by atoms with Crippen LogP contribution >= 0.6 is 0 Å². The van der Waals surface area contributed by atoms with E-state index < -0.39 is 5.60 Å². The van der Waals surface area contributed by atoms with Gasteiger partial charge in [0.2, 0.25) is 0 Å². The molecule has 0 spiro atoms. The molecule has 2 aliphatic carbocycles. The van der Waals surface area contributed by atoms with Gasteiger partial charge in [0.15, 0.2) is 0 Å². The van der Waals surface area contributed by atoms with E-state index in [0.717, 1.165) is 50.8 Å². The molecule has 3 nitrogen and oxygen atoms in total. The second-order valence-corrected chi connectivity index (χ2v) is 7.40. The van der Waals surface area contributed by atoms with E-state index in [0.29, 0.717) is 0 Å². The smallest absolute Gasteiger partial charge is 0.119 e. The molecule has 0 unspecified atom stereocenters. The van der Waals surface area contributed by atoms with Gasteiger partial charge in [0, 0.05) is 5.41 Å². The number of ether oxygens (including phenoxy) is 1. The summed E-state index contributed by atoms with van der Waals surface area (Å²) in [5.74, 6) is 0.915. The van der Waals surface area contributed by atoms with E-state index in [1.165, 1.54) is 17.5 Å². The fourth-order valence-electron chi connectivity index (χ4n) is 4.66. The zero-order valence-electron chi connectivity index (χ0n) is 14.2. The molecular weight excluding hydrogens is 274 g/mol. The average molecular weight is 303 g/mol. The molecule has 22 heavy (non-hydrogen) atoms. The van der Waals surface area contributed by atoms with Gasteiger partial charge >= 0.3 is 0 Å². The molecule has 1 saturated carbocycles. The number of aliphatic hydroxyl groups is 1. The maximum Gasteiger partial charge on any atom is 0.119 e. The highest BCUT2D eigenvalue weighted by molar-refractivity contribution is 5.46. The van der Waals surface area contributed by atoms with E-state index in [1.54, 1.807) is 7.11 Å². The molecule has 2 atom stereocenters. The molecule has 0 aromatic heterocycles. The Morgan fingerprint density at radius 2 is 1.95 bits per heavy atom. The molecule has 3 rings (SSSR count). The number of methoxy groups -OCH3 is 1. The first-order chi connectivity index (χ1) is 10.5. The second-order valence-electron chi connectivity index (χ2n) is 7.40. The zero-order chi connectivity index (χ0) is 15.8. The number of hydrogen-bond acceptors (Lipinski definition) is 3. The highest BCUT2D eigenvalue weighted by Gasteiger charge is 2.54. The van der Waals surface area contributed by atoms with Gasteiger partial charge in [0.05, 0.1) is 12.7 Å². The first kappa shape index (κ1) is 15.8. The predicted octanol–water partition coefficient (Wildman–Crippen LogP) is 3.14. The topological polar surface area (TPSA) is 32.7 Å². The lowest BCUT2D eigenvalue weighted by molar-refractivity contribution is -0.0887. The fraction of sp³-hybridized carbons (Fsp3) is 0.684. The molecule has 1 fully saturated rings. The molecule has 0 radical (unpaired) electrons. The van der Waals surface area contributed by atoms with Crippen molar-refractivity contribution in [3.8, 4) is 5.75 Å². The maximum atomic E-state index is 11.5. The van der Waals surface area contributed by atoms with Gasteiger partial charge in [-0.1, -0.05) is 18.9 Å². The summed E-state index contributed by atoms with van der Waals surface area (Å²) in [5, 5.41) is 11.5. The minimum atomic E-state index is -0.541. The summed E-state index contributed by atoms with van der Waals surface area (Å²) in [6.07, 6.45) is 7.32. The van der Waals surface area contributed by atoms with Crippen molar-refractivity contribution in [2.24, 2.45) is 0 Å². The van der Waals surface area contributed by atoms with Gasteiger partial charge in [-0.05, 0) is 76.0 Å². The lowest BCUT2D eigenvalue weighted by Gasteiger charge is -2.55. The van der Waals surface area contributed by atoms with Crippen LogP contribution in [0, 0.1) is 0 Å². The number of hydrogen-bond donors (Lipinski definition) is 1. The van der Waals surface area contributed by atoms with E-state index in [1.807, 2.05) is 0 Å². The normalized spacial score (nSPS) is 30.8. The van der Waals surface area contributed by atoms with E-state index in [2.05, 4.69) is 37.2 Å². The first-order valence-electron chi connectivity index (χ1n) is 8.55. The summed E-state index contributed by atoms with van der Waals surface area (Å²) in [7, 11) is 5.96. The minimum Gasteiger partial charge on any atom is -0.497 e. The summed E-state index contributed by atoms with van der Waals surface area (Å²) in [4.78, 5) is 2.23. The third kappa shape index (κ3) is 2.44. The molecule has 0 saturated heterocycles. The Balaban J connectivity index is 2.09. The van der Waals surface area contributed by atoms with Crippen LogP contribution in [0.3, 0.4) is 0 Å². The van der Waals surface area contributed by atoms with E-state index >= 15 is 0 Å². The molecule has 1 N–H and O–H groups in total. The SMILES string of the molecule is COc1ccc2c(c1)[C@@]1(CCN(C)C)CCCC[C@@]1(O)CC2. The van der Waals surface area contributed by atoms with Gasteiger partial charge in [0.1, 0.15) is 5.75 Å². The van der Waals surface area contributed by atoms with Gasteiger partial charge in [0.25, 0.3) is 0 Å². The van der Waals surface area contributed by atoms with Crippen molar-refractivity contribution < 1.29 is 9.84 Å². The van der Waals surface area contributed by atoms with Crippen LogP contribution in [-0.4, -0.2) is 43.4 Å². The van der Waals surface area contributed by atoms with Gasteiger partial charge in [-0.2, -0.15) is 0 Å². The first-order valence-corrected chi connectivity index (χ1v) is 8.55. The maximum absolute atomic E-state index is 11.5. The third-order valence-electron chi connectivity index (χ3n) is 5.96. The van der Waals surface area contributed by atoms with Crippen molar-refractivity contribution in [1.29, 1.82) is 0 Å². The zero-order valence-corrected chi connectivity index (χ0v) is 14.2. The third-order valence-corrected chi connectivity index (χ3v) is 5.96. The van der Waals surface area contributed by atoms with Crippen LogP contribution in [0.25, 0.3) is 0 Å². The molecule has 2 aliphatic rings. The van der Waals surface area contributed by atoms with E-state index in [4.69, 9.17) is 4.74 Å². The summed E-state index contributed by atoms with van der Waals surface area (Å²) >= 11 is 0. The number of aryl methyl sites for hydroxylation is 1. The van der Waals surface area contributed by atoms with Crippen LogP contribution in [0.1, 0.15) is 49.7 Å². The van der Waals surface area contributed by atoms with Gasteiger partial charge in [-0.15, -0.1) is 0 Å². The Bertz CT molecular complexity index is 542. The van der Waals surface area contributed by atoms with Crippen LogP contribution in [0.2, 0.25) is 0 Å². The van der Waals surface area contributed by atoms with E-state index in [9.17, 15) is 5.11 Å². The fourth-order valence-corrected chi connectivity index (χ4v) is 4.66. The Labute approximate surface area is 134 Å². The van der Waals surface area contributed by atoms with Gasteiger partial charge in [-0.25, -0.2) is 0 Å². The van der Waals surface area contributed by atoms with E-state index in [-0.39, 0.29) is 5.41 Å².